The van der Waals surface area contributed by atoms with E-state index in [0.717, 1.165) is 16.8 Å². The van der Waals surface area contributed by atoms with Crippen molar-refractivity contribution in [2.75, 3.05) is 31.3 Å². The van der Waals surface area contributed by atoms with E-state index < -0.39 is 6.04 Å². The molecule has 0 aliphatic carbocycles. The van der Waals surface area contributed by atoms with Gasteiger partial charge in [0.25, 0.3) is 0 Å². The molecule has 0 saturated heterocycles. The Morgan fingerprint density at radius 1 is 1.04 bits per heavy atom. The number of aryl methyl sites for hydroxylation is 1. The highest BCUT2D eigenvalue weighted by molar-refractivity contribution is 5.97. The van der Waals surface area contributed by atoms with Gasteiger partial charge in [-0.1, -0.05) is 24.3 Å². The van der Waals surface area contributed by atoms with Gasteiger partial charge in [0.2, 0.25) is 11.8 Å². The second-order valence-electron chi connectivity index (χ2n) is 6.58. The number of nitrogens with one attached hydrogen (secondary N) is 2. The van der Waals surface area contributed by atoms with Crippen LogP contribution < -0.4 is 15.4 Å². The highest BCUT2D eigenvalue weighted by Gasteiger charge is 2.21. The van der Waals surface area contributed by atoms with Crippen LogP contribution in [0.15, 0.2) is 42.5 Å². The Morgan fingerprint density at radius 2 is 1.70 bits per heavy atom. The lowest BCUT2D eigenvalue weighted by atomic mass is 10.1. The Balaban J connectivity index is 1.95. The van der Waals surface area contributed by atoms with Gasteiger partial charge in [-0.05, 0) is 57.1 Å². The summed E-state index contributed by atoms with van der Waals surface area (Å²) in [7, 11) is 3.30. The molecular formula is C21H27N3O3. The molecule has 6 nitrogen and oxygen atoms in total. The molecule has 0 bridgehead atoms. The van der Waals surface area contributed by atoms with Gasteiger partial charge in [0, 0.05) is 5.69 Å². The third-order valence-electron chi connectivity index (χ3n) is 4.68. The smallest absolute Gasteiger partial charge is 0.241 e. The molecular weight excluding hydrogens is 342 g/mol. The number of carbonyl (C=O) groups excluding carboxylic acids is 2. The molecule has 1 atom stereocenters. The predicted molar refractivity (Wildman–Crippen MR) is 108 cm³/mol. The monoisotopic (exact) mass is 369 g/mol. The molecule has 0 aromatic heterocycles. The summed E-state index contributed by atoms with van der Waals surface area (Å²) in [5.74, 6) is 0.220. The van der Waals surface area contributed by atoms with E-state index >= 15 is 0 Å². The number of para-hydroxylation sites is 2. The molecule has 6 heteroatoms. The van der Waals surface area contributed by atoms with E-state index in [1.807, 2.05) is 44.2 Å². The zero-order valence-corrected chi connectivity index (χ0v) is 16.5. The first-order valence-corrected chi connectivity index (χ1v) is 8.83. The molecule has 2 aromatic rings. The summed E-state index contributed by atoms with van der Waals surface area (Å²) >= 11 is 0. The number of amides is 2. The van der Waals surface area contributed by atoms with Gasteiger partial charge in [-0.2, -0.15) is 0 Å². The number of benzene rings is 2. The van der Waals surface area contributed by atoms with Crippen molar-refractivity contribution in [2.45, 2.75) is 26.8 Å². The number of nitrogens with zero attached hydrogens (tertiary/aromatic N) is 1. The number of likely N-dealkylation sites (N-methyl/N-ethyl adjacent to an activating group) is 1. The van der Waals surface area contributed by atoms with Crippen LogP contribution in [0.1, 0.15) is 18.1 Å². The minimum atomic E-state index is -0.487. The molecule has 0 spiro atoms. The fourth-order valence-corrected chi connectivity index (χ4v) is 2.62. The van der Waals surface area contributed by atoms with Gasteiger partial charge in [0.15, 0.2) is 0 Å². The Bertz CT molecular complexity index is 820. The van der Waals surface area contributed by atoms with Gasteiger partial charge >= 0.3 is 0 Å². The Labute approximate surface area is 160 Å². The quantitative estimate of drug-likeness (QED) is 0.786. The number of hydrogen-bond donors (Lipinski definition) is 2. The average molecular weight is 369 g/mol. The van der Waals surface area contributed by atoms with Crippen molar-refractivity contribution in [1.82, 2.24) is 4.90 Å². The maximum Gasteiger partial charge on any atom is 0.241 e. The van der Waals surface area contributed by atoms with Crippen LogP contribution >= 0.6 is 0 Å². The van der Waals surface area contributed by atoms with Crippen molar-refractivity contribution in [3.63, 3.8) is 0 Å². The van der Waals surface area contributed by atoms with E-state index in [2.05, 4.69) is 10.6 Å². The lowest BCUT2D eigenvalue weighted by molar-refractivity contribution is -0.122. The highest BCUT2D eigenvalue weighted by Crippen LogP contribution is 2.23. The summed E-state index contributed by atoms with van der Waals surface area (Å²) in [5, 5.41) is 5.76. The minimum Gasteiger partial charge on any atom is -0.495 e. The molecule has 144 valence electrons. The van der Waals surface area contributed by atoms with E-state index in [-0.39, 0.29) is 18.4 Å². The molecule has 27 heavy (non-hydrogen) atoms. The van der Waals surface area contributed by atoms with Crippen LogP contribution in [0.2, 0.25) is 0 Å². The molecule has 0 heterocycles. The second kappa shape index (κ2) is 9.19. The summed E-state index contributed by atoms with van der Waals surface area (Å²) in [5.41, 5.74) is 3.55. The van der Waals surface area contributed by atoms with Gasteiger partial charge in [-0.3, -0.25) is 14.5 Å². The molecule has 2 aromatic carbocycles. The SMILES string of the molecule is COc1ccccc1NC(=O)[C@H](C)N(C)CC(=O)Nc1cccc(C)c1C. The van der Waals surface area contributed by atoms with Crippen LogP contribution in [-0.4, -0.2) is 43.5 Å². The van der Waals surface area contributed by atoms with Crippen molar-refractivity contribution in [2.24, 2.45) is 0 Å². The highest BCUT2D eigenvalue weighted by atomic mass is 16.5. The first kappa shape index (κ1) is 20.5. The van der Waals surface area contributed by atoms with Crippen LogP contribution in [0.5, 0.6) is 5.75 Å². The Kier molecular flexibility index (Phi) is 6.96. The van der Waals surface area contributed by atoms with Crippen LogP contribution in [0.4, 0.5) is 11.4 Å². The Morgan fingerprint density at radius 3 is 2.41 bits per heavy atom. The molecule has 0 aliphatic rings. The van der Waals surface area contributed by atoms with E-state index in [4.69, 9.17) is 4.74 Å². The maximum atomic E-state index is 12.5. The van der Waals surface area contributed by atoms with Gasteiger partial charge in [0.1, 0.15) is 5.75 Å². The lowest BCUT2D eigenvalue weighted by Gasteiger charge is -2.24. The lowest BCUT2D eigenvalue weighted by Crippen LogP contribution is -2.43. The molecule has 0 fully saturated rings. The molecule has 0 aliphatic heterocycles. The van der Waals surface area contributed by atoms with Crippen LogP contribution in [-0.2, 0) is 9.59 Å². The number of ether oxygens (including phenoxy) is 1. The third-order valence-corrected chi connectivity index (χ3v) is 4.68. The van der Waals surface area contributed by atoms with Gasteiger partial charge in [-0.25, -0.2) is 0 Å². The van der Waals surface area contributed by atoms with E-state index in [1.165, 1.54) is 0 Å². The fourth-order valence-electron chi connectivity index (χ4n) is 2.62. The fraction of sp³-hybridized carbons (Fsp3) is 0.333. The predicted octanol–water partition coefficient (Wildman–Crippen LogP) is 3.21. The molecule has 0 saturated carbocycles. The molecule has 2 rings (SSSR count). The summed E-state index contributed by atoms with van der Waals surface area (Å²) in [6.07, 6.45) is 0. The number of hydrogen-bond acceptors (Lipinski definition) is 4. The van der Waals surface area contributed by atoms with Crippen LogP contribution in [0.3, 0.4) is 0 Å². The standard InChI is InChI=1S/C21H27N3O3/c1-14-9-8-11-17(15(14)2)22-20(25)13-24(4)16(3)21(26)23-18-10-6-7-12-19(18)27-5/h6-12,16H,13H2,1-5H3,(H,22,25)(H,23,26)/t16-/m0/s1. The van der Waals surface area contributed by atoms with Crippen molar-refractivity contribution in [3.05, 3.63) is 53.6 Å². The zero-order chi connectivity index (χ0) is 20.0. The first-order chi connectivity index (χ1) is 12.8. The van der Waals surface area contributed by atoms with E-state index in [1.54, 1.807) is 38.1 Å². The summed E-state index contributed by atoms with van der Waals surface area (Å²) in [6, 6.07) is 12.5. The number of methoxy groups -OCH3 is 1. The van der Waals surface area contributed by atoms with Gasteiger partial charge < -0.3 is 15.4 Å². The molecule has 2 N–H and O–H groups in total. The normalized spacial score (nSPS) is 11.8. The number of rotatable bonds is 7. The minimum absolute atomic E-state index is 0.105. The molecule has 0 radical (unpaired) electrons. The Hall–Kier alpha value is -2.86. The van der Waals surface area contributed by atoms with Crippen molar-refractivity contribution in [3.8, 4) is 5.75 Å². The van der Waals surface area contributed by atoms with Crippen molar-refractivity contribution >= 4 is 23.2 Å². The first-order valence-electron chi connectivity index (χ1n) is 8.83. The van der Waals surface area contributed by atoms with E-state index in [9.17, 15) is 9.59 Å². The van der Waals surface area contributed by atoms with Crippen LogP contribution in [0.25, 0.3) is 0 Å². The van der Waals surface area contributed by atoms with Gasteiger partial charge in [-0.15, -0.1) is 0 Å². The average Bonchev–Trinajstić information content (AvgIpc) is 2.65. The van der Waals surface area contributed by atoms with Crippen molar-refractivity contribution in [1.29, 1.82) is 0 Å². The molecule has 2 amide bonds. The molecule has 0 unspecified atom stereocenters. The summed E-state index contributed by atoms with van der Waals surface area (Å²) < 4.78 is 5.25. The summed E-state index contributed by atoms with van der Waals surface area (Å²) in [4.78, 5) is 26.6. The summed E-state index contributed by atoms with van der Waals surface area (Å²) in [6.45, 7) is 5.84. The van der Waals surface area contributed by atoms with Crippen molar-refractivity contribution < 1.29 is 14.3 Å². The van der Waals surface area contributed by atoms with Crippen LogP contribution in [0, 0.1) is 13.8 Å². The zero-order valence-electron chi connectivity index (χ0n) is 16.5. The number of carbonyl (C=O) groups is 2. The second-order valence-corrected chi connectivity index (χ2v) is 6.58. The number of anilines is 2. The maximum absolute atomic E-state index is 12.5. The van der Waals surface area contributed by atoms with E-state index in [0.29, 0.717) is 11.4 Å². The largest absolute Gasteiger partial charge is 0.495 e. The van der Waals surface area contributed by atoms with Gasteiger partial charge in [0.05, 0.1) is 25.4 Å². The topological polar surface area (TPSA) is 70.7 Å². The third kappa shape index (κ3) is 5.31.